The van der Waals surface area contributed by atoms with E-state index in [-0.39, 0.29) is 23.9 Å². The number of anilines is 1. The van der Waals surface area contributed by atoms with Crippen LogP contribution >= 0.6 is 11.8 Å². The monoisotopic (exact) mass is 333 g/mol. The summed E-state index contributed by atoms with van der Waals surface area (Å²) in [6.45, 7) is 2.97. The third kappa shape index (κ3) is 3.87. The Bertz CT molecular complexity index is 560. The van der Waals surface area contributed by atoms with Crippen molar-refractivity contribution < 1.29 is 9.59 Å². The second-order valence-electron chi connectivity index (χ2n) is 6.18. The molecule has 124 valence electrons. The van der Waals surface area contributed by atoms with Crippen molar-refractivity contribution in [2.75, 3.05) is 23.0 Å². The van der Waals surface area contributed by atoms with E-state index in [1.54, 1.807) is 4.90 Å². The van der Waals surface area contributed by atoms with Gasteiger partial charge >= 0.3 is 0 Å². The van der Waals surface area contributed by atoms with Gasteiger partial charge < -0.3 is 15.5 Å². The van der Waals surface area contributed by atoms with Crippen molar-refractivity contribution in [3.05, 3.63) is 30.3 Å². The fourth-order valence-electron chi connectivity index (χ4n) is 3.25. The lowest BCUT2D eigenvalue weighted by Crippen LogP contribution is -2.46. The summed E-state index contributed by atoms with van der Waals surface area (Å²) in [4.78, 5) is 26.7. The van der Waals surface area contributed by atoms with Crippen LogP contribution in [-0.2, 0) is 9.59 Å². The maximum atomic E-state index is 12.6. The van der Waals surface area contributed by atoms with Crippen LogP contribution in [-0.4, -0.2) is 48.0 Å². The van der Waals surface area contributed by atoms with E-state index >= 15 is 0 Å². The number of hydrogen-bond acceptors (Lipinski definition) is 4. The van der Waals surface area contributed by atoms with Gasteiger partial charge in [0.2, 0.25) is 11.8 Å². The number of rotatable bonds is 4. The zero-order valence-electron chi connectivity index (χ0n) is 13.3. The summed E-state index contributed by atoms with van der Waals surface area (Å²) in [6.07, 6.45) is 1.10. The van der Waals surface area contributed by atoms with E-state index in [1.807, 2.05) is 49.0 Å². The molecule has 23 heavy (non-hydrogen) atoms. The maximum absolute atomic E-state index is 12.6. The highest BCUT2D eigenvalue weighted by Gasteiger charge is 2.38. The minimum Gasteiger partial charge on any atom is -0.344 e. The zero-order chi connectivity index (χ0) is 16.2. The standard InChI is InChI=1S/C17H23N3O2S/c1-12-9-15(17(22)20(12)14-5-3-2-4-6-14)19-16(21)10-13-11-23-8-7-18-13/h2-6,12-13,15,18H,7-11H2,1H3,(H,19,21). The van der Waals surface area contributed by atoms with E-state index in [4.69, 9.17) is 0 Å². The van der Waals surface area contributed by atoms with E-state index in [1.165, 1.54) is 0 Å². The van der Waals surface area contributed by atoms with Gasteiger partial charge in [0, 0.05) is 42.2 Å². The van der Waals surface area contributed by atoms with E-state index in [0.29, 0.717) is 12.8 Å². The van der Waals surface area contributed by atoms with Gasteiger partial charge in [-0.3, -0.25) is 9.59 Å². The van der Waals surface area contributed by atoms with Crippen molar-refractivity contribution in [3.8, 4) is 0 Å². The normalized spacial score (nSPS) is 28.0. The molecule has 2 aliphatic heterocycles. The highest BCUT2D eigenvalue weighted by Crippen LogP contribution is 2.26. The smallest absolute Gasteiger partial charge is 0.249 e. The lowest BCUT2D eigenvalue weighted by molar-refractivity contribution is -0.126. The summed E-state index contributed by atoms with van der Waals surface area (Å²) < 4.78 is 0. The zero-order valence-corrected chi connectivity index (χ0v) is 14.1. The molecule has 3 rings (SSSR count). The van der Waals surface area contributed by atoms with Crippen LogP contribution in [0.15, 0.2) is 30.3 Å². The average Bonchev–Trinajstić information content (AvgIpc) is 2.83. The Balaban J connectivity index is 1.58. The first kappa shape index (κ1) is 16.3. The SMILES string of the molecule is CC1CC(NC(=O)CC2CSCCN2)C(=O)N1c1ccccc1. The molecule has 2 aliphatic rings. The Morgan fingerprint density at radius 1 is 1.39 bits per heavy atom. The lowest BCUT2D eigenvalue weighted by atomic mass is 10.1. The predicted molar refractivity (Wildman–Crippen MR) is 93.7 cm³/mol. The molecule has 2 fully saturated rings. The lowest BCUT2D eigenvalue weighted by Gasteiger charge is -2.23. The van der Waals surface area contributed by atoms with Crippen LogP contribution < -0.4 is 15.5 Å². The summed E-state index contributed by atoms with van der Waals surface area (Å²) >= 11 is 1.87. The van der Waals surface area contributed by atoms with Crippen LogP contribution in [0.4, 0.5) is 5.69 Å². The van der Waals surface area contributed by atoms with Gasteiger partial charge in [0.25, 0.3) is 0 Å². The number of carbonyl (C=O) groups is 2. The van der Waals surface area contributed by atoms with Gasteiger partial charge in [-0.05, 0) is 25.5 Å². The van der Waals surface area contributed by atoms with Crippen LogP contribution in [0.25, 0.3) is 0 Å². The molecule has 6 heteroatoms. The fraction of sp³-hybridized carbons (Fsp3) is 0.529. The molecule has 0 radical (unpaired) electrons. The molecule has 0 aromatic heterocycles. The van der Waals surface area contributed by atoms with Crippen LogP contribution in [0, 0.1) is 0 Å². The molecule has 2 N–H and O–H groups in total. The number of hydrogen-bond donors (Lipinski definition) is 2. The van der Waals surface area contributed by atoms with Gasteiger partial charge in [0.15, 0.2) is 0 Å². The van der Waals surface area contributed by atoms with Crippen LogP contribution in [0.1, 0.15) is 19.8 Å². The predicted octanol–water partition coefficient (Wildman–Crippen LogP) is 1.39. The first-order valence-electron chi connectivity index (χ1n) is 8.14. The molecule has 5 nitrogen and oxygen atoms in total. The molecule has 2 amide bonds. The summed E-state index contributed by atoms with van der Waals surface area (Å²) in [6, 6.07) is 9.55. The van der Waals surface area contributed by atoms with Gasteiger partial charge in [0.1, 0.15) is 6.04 Å². The third-order valence-corrected chi connectivity index (χ3v) is 5.48. The van der Waals surface area contributed by atoms with Crippen molar-refractivity contribution >= 4 is 29.3 Å². The van der Waals surface area contributed by atoms with Crippen LogP contribution in [0.2, 0.25) is 0 Å². The number of thioether (sulfide) groups is 1. The molecule has 3 atom stereocenters. The Morgan fingerprint density at radius 2 is 2.17 bits per heavy atom. The Labute approximate surface area is 141 Å². The molecule has 0 bridgehead atoms. The topological polar surface area (TPSA) is 61.4 Å². The molecule has 2 saturated heterocycles. The van der Waals surface area contributed by atoms with Crippen molar-refractivity contribution in [2.24, 2.45) is 0 Å². The van der Waals surface area contributed by atoms with E-state index in [2.05, 4.69) is 10.6 Å². The number of nitrogens with zero attached hydrogens (tertiary/aromatic N) is 1. The molecule has 1 aromatic rings. The summed E-state index contributed by atoms with van der Waals surface area (Å²) in [5.74, 6) is 2.01. The average molecular weight is 333 g/mol. The van der Waals surface area contributed by atoms with Gasteiger partial charge in [-0.2, -0.15) is 11.8 Å². The summed E-state index contributed by atoms with van der Waals surface area (Å²) in [5.41, 5.74) is 0.895. The highest BCUT2D eigenvalue weighted by molar-refractivity contribution is 7.99. The van der Waals surface area contributed by atoms with Crippen molar-refractivity contribution in [2.45, 2.75) is 37.9 Å². The molecular formula is C17H23N3O2S. The molecule has 3 unspecified atom stereocenters. The van der Waals surface area contributed by atoms with Crippen molar-refractivity contribution in [1.29, 1.82) is 0 Å². The Morgan fingerprint density at radius 3 is 2.87 bits per heavy atom. The van der Waals surface area contributed by atoms with Gasteiger partial charge in [-0.15, -0.1) is 0 Å². The van der Waals surface area contributed by atoms with E-state index in [9.17, 15) is 9.59 Å². The molecule has 1 aromatic carbocycles. The third-order valence-electron chi connectivity index (χ3n) is 4.35. The van der Waals surface area contributed by atoms with E-state index < -0.39 is 6.04 Å². The minimum atomic E-state index is -0.408. The Kier molecular flexibility index (Phi) is 5.23. The number of para-hydroxylation sites is 1. The number of benzene rings is 1. The number of nitrogens with one attached hydrogen (secondary N) is 2. The first-order valence-corrected chi connectivity index (χ1v) is 9.29. The van der Waals surface area contributed by atoms with Gasteiger partial charge in [0.05, 0.1) is 0 Å². The molecule has 0 saturated carbocycles. The molecule has 2 heterocycles. The first-order chi connectivity index (χ1) is 11.1. The largest absolute Gasteiger partial charge is 0.344 e. The maximum Gasteiger partial charge on any atom is 0.249 e. The summed E-state index contributed by atoms with van der Waals surface area (Å²) in [5, 5.41) is 6.28. The number of amides is 2. The quantitative estimate of drug-likeness (QED) is 0.874. The van der Waals surface area contributed by atoms with Gasteiger partial charge in [-0.25, -0.2) is 0 Å². The van der Waals surface area contributed by atoms with Crippen molar-refractivity contribution in [3.63, 3.8) is 0 Å². The summed E-state index contributed by atoms with van der Waals surface area (Å²) in [7, 11) is 0. The molecule has 0 aliphatic carbocycles. The molecular weight excluding hydrogens is 310 g/mol. The Hall–Kier alpha value is -1.53. The fourth-order valence-corrected chi connectivity index (χ4v) is 4.20. The van der Waals surface area contributed by atoms with Crippen molar-refractivity contribution in [1.82, 2.24) is 10.6 Å². The van der Waals surface area contributed by atoms with Crippen LogP contribution in [0.5, 0.6) is 0 Å². The second kappa shape index (κ2) is 7.36. The van der Waals surface area contributed by atoms with Crippen LogP contribution in [0.3, 0.4) is 0 Å². The number of carbonyl (C=O) groups excluding carboxylic acids is 2. The highest BCUT2D eigenvalue weighted by atomic mass is 32.2. The molecule has 0 spiro atoms. The second-order valence-corrected chi connectivity index (χ2v) is 7.33. The minimum absolute atomic E-state index is 0.0111. The van der Waals surface area contributed by atoms with E-state index in [0.717, 1.165) is 23.7 Å². The van der Waals surface area contributed by atoms with Gasteiger partial charge in [-0.1, -0.05) is 18.2 Å².